The number of carbonyl (C=O) groups excluding carboxylic acids is 1. The quantitative estimate of drug-likeness (QED) is 0.709. The van der Waals surface area contributed by atoms with E-state index in [0.717, 1.165) is 27.9 Å². The van der Waals surface area contributed by atoms with Gasteiger partial charge in [-0.15, -0.1) is 0 Å². The number of anilines is 1. The maximum Gasteiger partial charge on any atom is 0.263 e. The summed E-state index contributed by atoms with van der Waals surface area (Å²) in [6, 6.07) is 15.4. The molecule has 0 aliphatic carbocycles. The highest BCUT2D eigenvalue weighted by atomic mass is 16.5. The first-order valence-electron chi connectivity index (χ1n) is 7.77. The van der Waals surface area contributed by atoms with Gasteiger partial charge in [-0.3, -0.25) is 14.7 Å². The number of fused-ring (bicyclic) bond motifs is 2. The number of allylic oxidation sites excluding steroid dienone is 1. The summed E-state index contributed by atoms with van der Waals surface area (Å²) in [4.78, 5) is 19.3. The van der Waals surface area contributed by atoms with Gasteiger partial charge in [-0.25, -0.2) is 0 Å². The summed E-state index contributed by atoms with van der Waals surface area (Å²) in [7, 11) is 1.60. The van der Waals surface area contributed by atoms with Crippen molar-refractivity contribution in [3.63, 3.8) is 0 Å². The Balaban J connectivity index is 1.94. The van der Waals surface area contributed by atoms with Crippen LogP contribution in [0.4, 0.5) is 5.69 Å². The molecule has 0 saturated heterocycles. The Kier molecular flexibility index (Phi) is 3.31. The highest BCUT2D eigenvalue weighted by molar-refractivity contribution is 6.24. The molecule has 4 nitrogen and oxygen atoms in total. The van der Waals surface area contributed by atoms with Crippen LogP contribution in [0.2, 0.25) is 0 Å². The summed E-state index contributed by atoms with van der Waals surface area (Å²) >= 11 is 0. The van der Waals surface area contributed by atoms with Gasteiger partial charge in [-0.05, 0) is 37.3 Å². The Morgan fingerprint density at radius 3 is 2.71 bits per heavy atom. The number of nitrogens with zero attached hydrogens (tertiary/aromatic N) is 2. The molecule has 1 aliphatic heterocycles. The lowest BCUT2D eigenvalue weighted by molar-refractivity contribution is 0.101. The minimum absolute atomic E-state index is 0.0600. The molecule has 4 rings (SSSR count). The van der Waals surface area contributed by atoms with E-state index in [0.29, 0.717) is 11.3 Å². The molecule has 1 aromatic heterocycles. The van der Waals surface area contributed by atoms with E-state index in [1.807, 2.05) is 55.5 Å². The van der Waals surface area contributed by atoms with Crippen LogP contribution >= 0.6 is 0 Å². The van der Waals surface area contributed by atoms with Crippen molar-refractivity contribution in [2.45, 2.75) is 6.92 Å². The van der Waals surface area contributed by atoms with Crippen molar-refractivity contribution in [2.24, 2.45) is 0 Å². The lowest BCUT2D eigenvalue weighted by atomic mass is 10.1. The Morgan fingerprint density at radius 1 is 1.08 bits per heavy atom. The van der Waals surface area contributed by atoms with Gasteiger partial charge in [0.25, 0.3) is 5.91 Å². The molecule has 0 spiro atoms. The van der Waals surface area contributed by atoms with Crippen molar-refractivity contribution in [3.05, 3.63) is 71.9 Å². The van der Waals surface area contributed by atoms with Crippen LogP contribution in [0.1, 0.15) is 22.8 Å². The van der Waals surface area contributed by atoms with E-state index in [1.165, 1.54) is 0 Å². The minimum Gasteiger partial charge on any atom is -0.497 e. The molecule has 0 N–H and O–H groups in total. The molecular weight excluding hydrogens is 300 g/mol. The number of carbonyl (C=O) groups is 1. The van der Waals surface area contributed by atoms with Crippen molar-refractivity contribution in [3.8, 4) is 5.75 Å². The zero-order valence-corrected chi connectivity index (χ0v) is 13.5. The molecule has 0 saturated carbocycles. The minimum atomic E-state index is -0.0600. The van der Waals surface area contributed by atoms with Crippen molar-refractivity contribution < 1.29 is 9.53 Å². The summed E-state index contributed by atoms with van der Waals surface area (Å²) in [6.07, 6.45) is 3.70. The molecule has 1 amide bonds. The number of para-hydroxylation sites is 1. The number of methoxy groups -OCH3 is 1. The third-order valence-corrected chi connectivity index (χ3v) is 4.30. The van der Waals surface area contributed by atoms with Crippen LogP contribution in [0.15, 0.2) is 60.8 Å². The lowest BCUT2D eigenvalue weighted by Gasteiger charge is -2.19. The topological polar surface area (TPSA) is 42.4 Å². The summed E-state index contributed by atoms with van der Waals surface area (Å²) < 4.78 is 5.27. The van der Waals surface area contributed by atoms with E-state index in [1.54, 1.807) is 24.3 Å². The van der Waals surface area contributed by atoms with Gasteiger partial charge in [0.05, 0.1) is 29.6 Å². The Bertz CT molecular complexity index is 987. The Labute approximate surface area is 140 Å². The number of benzene rings is 2. The van der Waals surface area contributed by atoms with Crippen LogP contribution in [-0.2, 0) is 0 Å². The molecule has 3 aromatic rings. The predicted octanol–water partition coefficient (Wildman–Crippen LogP) is 4.26. The fourth-order valence-corrected chi connectivity index (χ4v) is 3.19. The van der Waals surface area contributed by atoms with Crippen molar-refractivity contribution in [1.29, 1.82) is 0 Å². The van der Waals surface area contributed by atoms with Gasteiger partial charge in [0.1, 0.15) is 5.75 Å². The lowest BCUT2D eigenvalue weighted by Crippen LogP contribution is -2.22. The van der Waals surface area contributed by atoms with Crippen LogP contribution < -0.4 is 9.64 Å². The molecule has 0 radical (unpaired) electrons. The average Bonchev–Trinajstić information content (AvgIpc) is 2.92. The smallest absolute Gasteiger partial charge is 0.263 e. The molecule has 24 heavy (non-hydrogen) atoms. The van der Waals surface area contributed by atoms with Gasteiger partial charge in [0.15, 0.2) is 0 Å². The van der Waals surface area contributed by atoms with Crippen LogP contribution in [0.25, 0.3) is 16.6 Å². The predicted molar refractivity (Wildman–Crippen MR) is 95.2 cm³/mol. The molecule has 0 bridgehead atoms. The van der Waals surface area contributed by atoms with E-state index in [4.69, 9.17) is 4.74 Å². The summed E-state index contributed by atoms with van der Waals surface area (Å²) in [6.45, 7) is 1.94. The van der Waals surface area contributed by atoms with E-state index in [-0.39, 0.29) is 5.91 Å². The molecule has 2 heterocycles. The molecule has 0 unspecified atom stereocenters. The molecule has 0 fully saturated rings. The third kappa shape index (κ3) is 2.00. The van der Waals surface area contributed by atoms with Gasteiger partial charge >= 0.3 is 0 Å². The van der Waals surface area contributed by atoms with E-state index >= 15 is 0 Å². The van der Waals surface area contributed by atoms with Gasteiger partial charge in [0.2, 0.25) is 0 Å². The fraction of sp³-hybridized carbons (Fsp3) is 0.100. The average molecular weight is 316 g/mol. The van der Waals surface area contributed by atoms with Crippen LogP contribution in [0, 0.1) is 0 Å². The van der Waals surface area contributed by atoms with E-state index in [9.17, 15) is 4.79 Å². The second-order valence-corrected chi connectivity index (χ2v) is 5.58. The molecule has 118 valence electrons. The van der Waals surface area contributed by atoms with Gasteiger partial charge in [-0.2, -0.15) is 0 Å². The van der Waals surface area contributed by atoms with Crippen LogP contribution in [0.5, 0.6) is 5.75 Å². The summed E-state index contributed by atoms with van der Waals surface area (Å²) in [5, 5.41) is 1.01. The molecule has 4 heteroatoms. The third-order valence-electron chi connectivity index (χ3n) is 4.30. The highest BCUT2D eigenvalue weighted by Crippen LogP contribution is 2.40. The second kappa shape index (κ2) is 5.49. The number of hydrogen-bond donors (Lipinski definition) is 0. The zero-order valence-electron chi connectivity index (χ0n) is 13.5. The monoisotopic (exact) mass is 316 g/mol. The standard InChI is InChI=1S/C20H16N2O2/c1-3-17-15-10-9-14(24-2)12-16(15)20(23)22(17)18-8-4-6-13-7-5-11-21-19(13)18/h3-12H,1-2H3/b17-3-. The first-order chi connectivity index (χ1) is 11.7. The zero-order chi connectivity index (χ0) is 16.7. The van der Waals surface area contributed by atoms with Crippen molar-refractivity contribution in [1.82, 2.24) is 4.98 Å². The Morgan fingerprint density at radius 2 is 1.92 bits per heavy atom. The van der Waals surface area contributed by atoms with Gasteiger partial charge in [-0.1, -0.05) is 24.3 Å². The number of amides is 1. The second-order valence-electron chi connectivity index (χ2n) is 5.58. The largest absolute Gasteiger partial charge is 0.497 e. The number of aromatic nitrogens is 1. The summed E-state index contributed by atoms with van der Waals surface area (Å²) in [5.41, 5.74) is 4.04. The first-order valence-corrected chi connectivity index (χ1v) is 7.77. The number of ether oxygens (including phenoxy) is 1. The van der Waals surface area contributed by atoms with E-state index < -0.39 is 0 Å². The van der Waals surface area contributed by atoms with Gasteiger partial charge in [0, 0.05) is 17.1 Å². The normalized spacial score (nSPS) is 15.2. The first kappa shape index (κ1) is 14.5. The Hall–Kier alpha value is -3.14. The number of rotatable bonds is 2. The maximum atomic E-state index is 13.1. The maximum absolute atomic E-state index is 13.1. The SMILES string of the molecule is C/C=C1/c2ccc(OC)cc2C(=O)N1c1cccc2cccnc12. The van der Waals surface area contributed by atoms with Crippen molar-refractivity contribution >= 4 is 28.2 Å². The van der Waals surface area contributed by atoms with E-state index in [2.05, 4.69) is 4.98 Å². The van der Waals surface area contributed by atoms with Crippen LogP contribution in [-0.4, -0.2) is 18.0 Å². The highest BCUT2D eigenvalue weighted by Gasteiger charge is 2.34. The van der Waals surface area contributed by atoms with Crippen molar-refractivity contribution in [2.75, 3.05) is 12.0 Å². The molecule has 2 aromatic carbocycles. The molecule has 1 aliphatic rings. The number of pyridine rings is 1. The summed E-state index contributed by atoms with van der Waals surface area (Å²) in [5.74, 6) is 0.616. The number of hydrogen-bond acceptors (Lipinski definition) is 3. The van der Waals surface area contributed by atoms with Gasteiger partial charge < -0.3 is 4.74 Å². The fourth-order valence-electron chi connectivity index (χ4n) is 3.19. The van der Waals surface area contributed by atoms with Crippen LogP contribution in [0.3, 0.4) is 0 Å². The molecule has 0 atom stereocenters. The molecular formula is C20H16N2O2.